The molecule has 1 aromatic heterocycles. The number of ether oxygens (including phenoxy) is 3. The van der Waals surface area contributed by atoms with Crippen LogP contribution < -0.4 is 19.5 Å². The first-order chi connectivity index (χ1) is 14.1. The van der Waals surface area contributed by atoms with Crippen molar-refractivity contribution >= 4 is 5.91 Å². The molecule has 0 fully saturated rings. The van der Waals surface area contributed by atoms with Crippen LogP contribution in [-0.2, 0) is 13.2 Å². The third-order valence-electron chi connectivity index (χ3n) is 4.74. The number of aromatic nitrogens is 1. The van der Waals surface area contributed by atoms with E-state index in [9.17, 15) is 4.79 Å². The van der Waals surface area contributed by atoms with Crippen LogP contribution in [0.25, 0.3) is 0 Å². The number of aryl methyl sites for hydroxylation is 2. The molecule has 150 valence electrons. The third-order valence-corrected chi connectivity index (χ3v) is 4.74. The normalized spacial score (nSPS) is 12.5. The highest BCUT2D eigenvalue weighted by Gasteiger charge is 2.16. The van der Waals surface area contributed by atoms with Gasteiger partial charge in [-0.3, -0.25) is 4.79 Å². The molecule has 0 bridgehead atoms. The Morgan fingerprint density at radius 3 is 2.69 bits per heavy atom. The van der Waals surface area contributed by atoms with Crippen molar-refractivity contribution in [1.82, 2.24) is 10.5 Å². The minimum absolute atomic E-state index is 0.214. The van der Waals surface area contributed by atoms with E-state index in [4.69, 9.17) is 18.7 Å². The highest BCUT2D eigenvalue weighted by molar-refractivity contribution is 5.96. The van der Waals surface area contributed by atoms with E-state index in [1.54, 1.807) is 12.1 Å². The van der Waals surface area contributed by atoms with Crippen molar-refractivity contribution < 1.29 is 23.5 Å². The Balaban J connectivity index is 1.42. The van der Waals surface area contributed by atoms with E-state index in [0.29, 0.717) is 42.6 Å². The molecule has 0 saturated heterocycles. The lowest BCUT2D eigenvalue weighted by molar-refractivity contribution is 0.0946. The Morgan fingerprint density at radius 1 is 1.10 bits per heavy atom. The van der Waals surface area contributed by atoms with Gasteiger partial charge >= 0.3 is 0 Å². The maximum Gasteiger partial charge on any atom is 0.255 e. The zero-order valence-electron chi connectivity index (χ0n) is 16.4. The molecule has 7 heteroatoms. The van der Waals surface area contributed by atoms with Gasteiger partial charge in [0.1, 0.15) is 31.3 Å². The van der Waals surface area contributed by atoms with Crippen molar-refractivity contribution in [2.45, 2.75) is 27.0 Å². The van der Waals surface area contributed by atoms with Crippen molar-refractivity contribution in [3.63, 3.8) is 0 Å². The number of amides is 1. The zero-order valence-corrected chi connectivity index (χ0v) is 16.4. The van der Waals surface area contributed by atoms with Crippen molar-refractivity contribution in [3.8, 4) is 17.2 Å². The summed E-state index contributed by atoms with van der Waals surface area (Å²) in [5.41, 5.74) is 3.06. The van der Waals surface area contributed by atoms with Gasteiger partial charge in [0.25, 0.3) is 5.91 Å². The second kappa shape index (κ2) is 8.26. The summed E-state index contributed by atoms with van der Waals surface area (Å²) in [5.74, 6) is 2.43. The Morgan fingerprint density at radius 2 is 1.90 bits per heavy atom. The molecule has 2 heterocycles. The molecule has 0 spiro atoms. The fourth-order valence-corrected chi connectivity index (χ4v) is 3.11. The summed E-state index contributed by atoms with van der Waals surface area (Å²) in [6.07, 6.45) is 0. The first kappa shape index (κ1) is 18.9. The highest BCUT2D eigenvalue weighted by atomic mass is 16.6. The zero-order chi connectivity index (χ0) is 20.2. The second-order valence-electron chi connectivity index (χ2n) is 6.75. The smallest absolute Gasteiger partial charge is 0.255 e. The molecule has 1 N–H and O–H groups in total. The van der Waals surface area contributed by atoms with E-state index in [0.717, 1.165) is 22.6 Å². The van der Waals surface area contributed by atoms with Gasteiger partial charge in [-0.1, -0.05) is 23.4 Å². The van der Waals surface area contributed by atoms with Crippen LogP contribution in [0.5, 0.6) is 17.2 Å². The summed E-state index contributed by atoms with van der Waals surface area (Å²) < 4.78 is 22.2. The molecule has 0 radical (unpaired) electrons. The largest absolute Gasteiger partial charge is 0.488 e. The molecule has 0 atom stereocenters. The number of nitrogens with one attached hydrogen (secondary N) is 1. The summed E-state index contributed by atoms with van der Waals surface area (Å²) in [7, 11) is 0. The van der Waals surface area contributed by atoms with Crippen molar-refractivity contribution in [2.75, 3.05) is 13.2 Å². The fraction of sp³-hybridized carbons (Fsp3) is 0.273. The average Bonchev–Trinajstić information content (AvgIpc) is 3.08. The molecular formula is C22H22N2O5. The van der Waals surface area contributed by atoms with Crippen molar-refractivity contribution in [2.24, 2.45) is 0 Å². The second-order valence-corrected chi connectivity index (χ2v) is 6.75. The van der Waals surface area contributed by atoms with Crippen LogP contribution in [0.15, 0.2) is 47.0 Å². The van der Waals surface area contributed by atoms with Gasteiger partial charge in [0, 0.05) is 6.54 Å². The number of hydrogen-bond donors (Lipinski definition) is 1. The van der Waals surface area contributed by atoms with E-state index in [1.165, 1.54) is 0 Å². The molecule has 1 amide bonds. The quantitative estimate of drug-likeness (QED) is 0.688. The lowest BCUT2D eigenvalue weighted by Gasteiger charge is -2.19. The van der Waals surface area contributed by atoms with Crippen molar-refractivity contribution in [1.29, 1.82) is 0 Å². The predicted molar refractivity (Wildman–Crippen MR) is 105 cm³/mol. The SMILES string of the molecule is Cc1noc(C)c1COc1ccccc1C(=O)NCc1ccc2c(c1)OCCO2. The van der Waals surface area contributed by atoms with Crippen LogP contribution in [-0.4, -0.2) is 24.3 Å². The molecule has 4 rings (SSSR count). The van der Waals surface area contributed by atoms with Crippen LogP contribution in [0.4, 0.5) is 0 Å². The van der Waals surface area contributed by atoms with Gasteiger partial charge in [0.15, 0.2) is 11.5 Å². The van der Waals surface area contributed by atoms with Gasteiger partial charge in [-0.25, -0.2) is 0 Å². The first-order valence-electron chi connectivity index (χ1n) is 9.42. The lowest BCUT2D eigenvalue weighted by atomic mass is 10.1. The third kappa shape index (κ3) is 4.18. The van der Waals surface area contributed by atoms with Gasteiger partial charge in [-0.15, -0.1) is 0 Å². The summed E-state index contributed by atoms with van der Waals surface area (Å²) in [4.78, 5) is 12.7. The molecule has 0 aliphatic carbocycles. The number of hydrogen-bond acceptors (Lipinski definition) is 6. The van der Waals surface area contributed by atoms with E-state index in [1.807, 2.05) is 44.2 Å². The van der Waals surface area contributed by atoms with E-state index < -0.39 is 0 Å². The molecule has 29 heavy (non-hydrogen) atoms. The fourth-order valence-electron chi connectivity index (χ4n) is 3.11. The number of rotatable bonds is 6. The van der Waals surface area contributed by atoms with Gasteiger partial charge in [0.05, 0.1) is 16.8 Å². The first-order valence-corrected chi connectivity index (χ1v) is 9.42. The lowest BCUT2D eigenvalue weighted by Crippen LogP contribution is -2.23. The average molecular weight is 394 g/mol. The molecule has 0 saturated carbocycles. The highest BCUT2D eigenvalue weighted by Crippen LogP contribution is 2.30. The summed E-state index contributed by atoms with van der Waals surface area (Å²) >= 11 is 0. The van der Waals surface area contributed by atoms with Crippen molar-refractivity contribution in [3.05, 3.63) is 70.6 Å². The molecule has 0 unspecified atom stereocenters. The monoisotopic (exact) mass is 394 g/mol. The topological polar surface area (TPSA) is 82.8 Å². The van der Waals surface area contributed by atoms with Crippen LogP contribution in [0, 0.1) is 13.8 Å². The Labute approximate surface area is 168 Å². The summed E-state index contributed by atoms with van der Waals surface area (Å²) in [5, 5.41) is 6.86. The van der Waals surface area contributed by atoms with Gasteiger partial charge in [-0.05, 0) is 43.7 Å². The minimum Gasteiger partial charge on any atom is -0.488 e. The van der Waals surface area contributed by atoms with Crippen LogP contribution in [0.2, 0.25) is 0 Å². The number of carbonyl (C=O) groups is 1. The van der Waals surface area contributed by atoms with Crippen LogP contribution in [0.1, 0.15) is 32.9 Å². The van der Waals surface area contributed by atoms with Crippen LogP contribution in [0.3, 0.4) is 0 Å². The number of fused-ring (bicyclic) bond motifs is 1. The van der Waals surface area contributed by atoms with Gasteiger partial charge < -0.3 is 24.1 Å². The molecule has 1 aliphatic heterocycles. The number of nitrogens with zero attached hydrogens (tertiary/aromatic N) is 1. The maximum atomic E-state index is 12.7. The maximum absolute atomic E-state index is 12.7. The van der Waals surface area contributed by atoms with Gasteiger partial charge in [0.2, 0.25) is 0 Å². The minimum atomic E-state index is -0.214. The molecule has 2 aromatic carbocycles. The molecule has 1 aliphatic rings. The number of carbonyl (C=O) groups excluding carboxylic acids is 1. The van der Waals surface area contributed by atoms with Crippen LogP contribution >= 0.6 is 0 Å². The molecular weight excluding hydrogens is 372 g/mol. The standard InChI is InChI=1S/C22H22N2O5/c1-14-18(15(2)29-24-14)13-28-19-6-4-3-5-17(19)22(25)23-12-16-7-8-20-21(11-16)27-10-9-26-20/h3-8,11H,9-10,12-13H2,1-2H3,(H,23,25). The summed E-state index contributed by atoms with van der Waals surface area (Å²) in [6, 6.07) is 12.8. The number of para-hydroxylation sites is 1. The predicted octanol–water partition coefficient (Wildman–Crippen LogP) is 3.57. The van der Waals surface area contributed by atoms with E-state index >= 15 is 0 Å². The Bertz CT molecular complexity index is 1010. The number of benzene rings is 2. The molecule has 3 aromatic rings. The van der Waals surface area contributed by atoms with E-state index in [-0.39, 0.29) is 12.5 Å². The molecule has 7 nitrogen and oxygen atoms in total. The van der Waals surface area contributed by atoms with Gasteiger partial charge in [-0.2, -0.15) is 0 Å². The Hall–Kier alpha value is -3.48. The summed E-state index contributed by atoms with van der Waals surface area (Å²) in [6.45, 7) is 5.43. The Kier molecular flexibility index (Phi) is 5.37. The van der Waals surface area contributed by atoms with E-state index in [2.05, 4.69) is 10.5 Å².